The molecule has 0 aliphatic carbocycles. The van der Waals surface area contributed by atoms with Gasteiger partial charge in [0, 0.05) is 45.0 Å². The highest BCUT2D eigenvalue weighted by atomic mass is 35.5. The molecule has 0 bridgehead atoms. The summed E-state index contributed by atoms with van der Waals surface area (Å²) in [6, 6.07) is 6.41. The fraction of sp³-hybridized carbons (Fsp3) is 0.379. The molecule has 3 aromatic heterocycles. The maximum absolute atomic E-state index is 13.5. The van der Waals surface area contributed by atoms with E-state index in [1.807, 2.05) is 25.1 Å². The molecule has 5 heterocycles. The summed E-state index contributed by atoms with van der Waals surface area (Å²) in [7, 11) is 3.75. The first-order valence-corrected chi connectivity index (χ1v) is 14.6. The van der Waals surface area contributed by atoms with Crippen molar-refractivity contribution in [2.75, 3.05) is 45.2 Å². The molecule has 0 unspecified atom stereocenters. The Hall–Kier alpha value is -4.53. The number of amidine groups is 1. The van der Waals surface area contributed by atoms with Crippen molar-refractivity contribution in [1.82, 2.24) is 45.9 Å². The summed E-state index contributed by atoms with van der Waals surface area (Å²) < 4.78 is 0. The van der Waals surface area contributed by atoms with Crippen molar-refractivity contribution in [2.24, 2.45) is 4.99 Å². The number of anilines is 1. The molecule has 1 fully saturated rings. The lowest BCUT2D eigenvalue weighted by atomic mass is 10.1. The zero-order valence-electron chi connectivity index (χ0n) is 25.0. The zero-order chi connectivity index (χ0) is 31.4. The second kappa shape index (κ2) is 13.4. The van der Waals surface area contributed by atoms with Gasteiger partial charge in [0.2, 0.25) is 5.91 Å². The Bertz CT molecular complexity index is 1590. The van der Waals surface area contributed by atoms with E-state index in [-0.39, 0.29) is 41.2 Å². The zero-order valence-corrected chi connectivity index (χ0v) is 25.8. The molecule has 0 radical (unpaired) electrons. The number of piperazine rings is 1. The molecule has 15 heteroatoms. The first kappa shape index (κ1) is 30.9. The molecule has 4 N–H and O–H groups in total. The van der Waals surface area contributed by atoms with E-state index < -0.39 is 6.04 Å². The number of nitrogens with zero attached hydrogens (tertiary/aromatic N) is 8. The number of aliphatic imine (C=N–C) groups is 1. The number of hydrogen-bond acceptors (Lipinski definition) is 11. The van der Waals surface area contributed by atoms with Crippen LogP contribution in [0.5, 0.6) is 0 Å². The molecule has 3 aromatic rings. The molecule has 230 valence electrons. The Kier molecular flexibility index (Phi) is 9.42. The number of pyridine rings is 2. The van der Waals surface area contributed by atoms with Gasteiger partial charge in [0.15, 0.2) is 5.84 Å². The average molecular weight is 619 g/mol. The summed E-state index contributed by atoms with van der Waals surface area (Å²) in [5, 5.41) is 10.7. The number of rotatable bonds is 9. The maximum Gasteiger partial charge on any atom is 0.256 e. The number of likely N-dealkylation sites (N-methyl/N-ethyl adjacent to an activating group) is 1. The molecular formula is C29H35ClN12O2. The minimum Gasteiger partial charge on any atom is -0.354 e. The predicted octanol–water partition coefficient (Wildman–Crippen LogP) is 1.96. The maximum atomic E-state index is 13.5. The van der Waals surface area contributed by atoms with Crippen LogP contribution in [-0.4, -0.2) is 99.9 Å². The van der Waals surface area contributed by atoms with Gasteiger partial charge in [-0.3, -0.25) is 14.6 Å². The summed E-state index contributed by atoms with van der Waals surface area (Å²) >= 11 is 6.40. The van der Waals surface area contributed by atoms with Crippen LogP contribution in [0, 0.1) is 5.41 Å². The number of fused-ring (bicyclic) bond motifs is 1. The molecule has 14 nitrogen and oxygen atoms in total. The van der Waals surface area contributed by atoms with Crippen molar-refractivity contribution < 1.29 is 9.59 Å². The second-order valence-electron chi connectivity index (χ2n) is 10.7. The number of halogens is 1. The highest BCUT2D eigenvalue weighted by Crippen LogP contribution is 2.31. The van der Waals surface area contributed by atoms with Crippen molar-refractivity contribution in [3.05, 3.63) is 58.6 Å². The lowest BCUT2D eigenvalue weighted by molar-refractivity contribution is -0.125. The fourth-order valence-corrected chi connectivity index (χ4v) is 5.22. The van der Waals surface area contributed by atoms with Crippen LogP contribution >= 0.6 is 11.6 Å². The number of hydrogen-bond donors (Lipinski definition) is 4. The van der Waals surface area contributed by atoms with Crippen LogP contribution in [0.3, 0.4) is 0 Å². The van der Waals surface area contributed by atoms with Crippen LogP contribution in [0.25, 0.3) is 11.3 Å². The Balaban J connectivity index is 1.28. The molecule has 0 aromatic carbocycles. The number of hydrazine groups is 1. The smallest absolute Gasteiger partial charge is 0.256 e. The van der Waals surface area contributed by atoms with E-state index in [2.05, 4.69) is 53.0 Å². The minimum atomic E-state index is -0.744. The van der Waals surface area contributed by atoms with Gasteiger partial charge in [-0.25, -0.2) is 20.4 Å². The molecule has 2 aliphatic heterocycles. The predicted molar refractivity (Wildman–Crippen MR) is 168 cm³/mol. The standard InChI is InChI=1S/C29H35ClN12O2/c1-17(22-6-5-7-25(36-22)41-10-8-40(4)9-11-41)35-27(43)18(2)42-16-23-20(28(42)44)12-19(14-33-23)26-21(30)15-34-29(38-26)37-24(13-31)39-32-3/h5-7,12-15,17-18,31-32H,8-11,16H2,1-4H3,(H,35,43)(H,34,37,38,39)/t17-,18-/m1/s1. The first-order valence-electron chi connectivity index (χ1n) is 14.2. The molecule has 2 aliphatic rings. The summed E-state index contributed by atoms with van der Waals surface area (Å²) in [5.74, 6) is 0.557. The van der Waals surface area contributed by atoms with E-state index in [0.717, 1.165) is 43.9 Å². The topological polar surface area (TPSA) is 168 Å². The van der Waals surface area contributed by atoms with Gasteiger partial charge in [-0.1, -0.05) is 17.7 Å². The van der Waals surface area contributed by atoms with Crippen molar-refractivity contribution in [2.45, 2.75) is 32.5 Å². The van der Waals surface area contributed by atoms with E-state index in [1.54, 1.807) is 26.2 Å². The van der Waals surface area contributed by atoms with Gasteiger partial charge in [-0.2, -0.15) is 4.99 Å². The third kappa shape index (κ3) is 6.67. The van der Waals surface area contributed by atoms with Crippen LogP contribution in [0.4, 0.5) is 11.8 Å². The van der Waals surface area contributed by atoms with Gasteiger partial charge in [-0.05, 0) is 39.1 Å². The molecule has 1 saturated heterocycles. The Labute approximate surface area is 260 Å². The summed E-state index contributed by atoms with van der Waals surface area (Å²) in [6.45, 7) is 7.53. The SMILES string of the molecule is CNN/C(C=N)=N/c1ncc(Cl)c(-c2cnc3c(c2)C(=O)N([C@H](C)C(=O)N[C@H](C)c2cccc(N4CCN(C)CC4)n2)C3)n1. The third-order valence-corrected chi connectivity index (χ3v) is 7.91. The average Bonchev–Trinajstić information content (AvgIpc) is 3.36. The van der Waals surface area contributed by atoms with E-state index in [0.29, 0.717) is 22.5 Å². The number of amides is 2. The summed E-state index contributed by atoms with van der Waals surface area (Å²) in [5.41, 5.74) is 7.90. The molecule has 2 atom stereocenters. The number of carbonyl (C=O) groups is 2. The largest absolute Gasteiger partial charge is 0.354 e. The number of aromatic nitrogens is 4. The van der Waals surface area contributed by atoms with Crippen LogP contribution in [0.1, 0.15) is 41.6 Å². The first-order chi connectivity index (χ1) is 21.2. The molecule has 5 rings (SSSR count). The molecule has 2 amide bonds. The number of nitrogens with one attached hydrogen (secondary N) is 4. The minimum absolute atomic E-state index is 0.0714. The van der Waals surface area contributed by atoms with E-state index in [4.69, 9.17) is 22.0 Å². The quantitative estimate of drug-likeness (QED) is 0.158. The Morgan fingerprint density at radius 2 is 1.91 bits per heavy atom. The summed E-state index contributed by atoms with van der Waals surface area (Å²) in [6.07, 6.45) is 3.99. The third-order valence-electron chi connectivity index (χ3n) is 7.63. The number of carbonyl (C=O) groups excluding carboxylic acids is 2. The van der Waals surface area contributed by atoms with Crippen molar-refractivity contribution in [1.29, 1.82) is 5.41 Å². The van der Waals surface area contributed by atoms with Crippen molar-refractivity contribution in [3.8, 4) is 11.3 Å². The fourth-order valence-electron chi connectivity index (χ4n) is 5.02. The van der Waals surface area contributed by atoms with Crippen LogP contribution in [0.2, 0.25) is 5.02 Å². The molecule has 0 spiro atoms. The lowest BCUT2D eigenvalue weighted by Crippen LogP contribution is -2.46. The van der Waals surface area contributed by atoms with Gasteiger partial charge >= 0.3 is 0 Å². The molecule has 44 heavy (non-hydrogen) atoms. The lowest BCUT2D eigenvalue weighted by Gasteiger charge is -2.33. The molecule has 0 saturated carbocycles. The van der Waals surface area contributed by atoms with E-state index in [1.165, 1.54) is 11.1 Å². The van der Waals surface area contributed by atoms with E-state index in [9.17, 15) is 9.59 Å². The van der Waals surface area contributed by atoms with Crippen LogP contribution < -0.4 is 21.1 Å². The van der Waals surface area contributed by atoms with Crippen LogP contribution in [-0.2, 0) is 11.3 Å². The van der Waals surface area contributed by atoms with Crippen LogP contribution in [0.15, 0.2) is 41.7 Å². The Morgan fingerprint density at radius 1 is 1.14 bits per heavy atom. The van der Waals surface area contributed by atoms with Gasteiger partial charge in [0.05, 0.1) is 52.7 Å². The van der Waals surface area contributed by atoms with Crippen molar-refractivity contribution >= 4 is 47.2 Å². The highest BCUT2D eigenvalue weighted by molar-refractivity contribution is 6.33. The monoisotopic (exact) mass is 618 g/mol. The van der Waals surface area contributed by atoms with Gasteiger partial charge in [0.25, 0.3) is 11.9 Å². The summed E-state index contributed by atoms with van der Waals surface area (Å²) in [4.78, 5) is 54.8. The highest BCUT2D eigenvalue weighted by Gasteiger charge is 2.36. The Morgan fingerprint density at radius 3 is 2.64 bits per heavy atom. The van der Waals surface area contributed by atoms with Crippen molar-refractivity contribution in [3.63, 3.8) is 0 Å². The van der Waals surface area contributed by atoms with Gasteiger partial charge in [0.1, 0.15) is 11.9 Å². The van der Waals surface area contributed by atoms with Gasteiger partial charge in [-0.15, -0.1) is 0 Å². The molecular weight excluding hydrogens is 584 g/mol. The van der Waals surface area contributed by atoms with E-state index >= 15 is 0 Å². The van der Waals surface area contributed by atoms with Gasteiger partial charge < -0.3 is 30.9 Å². The second-order valence-corrected chi connectivity index (χ2v) is 11.1. The normalized spacial score (nSPS) is 16.8.